The van der Waals surface area contributed by atoms with E-state index in [0.29, 0.717) is 6.42 Å². The summed E-state index contributed by atoms with van der Waals surface area (Å²) in [6.45, 7) is 6.29. The Bertz CT molecular complexity index is 538. The van der Waals surface area contributed by atoms with Gasteiger partial charge in [0.25, 0.3) is 5.69 Å². The third-order valence-corrected chi connectivity index (χ3v) is 3.32. The van der Waals surface area contributed by atoms with Crippen LogP contribution in [0, 0.1) is 15.5 Å². The molecule has 0 atom stereocenters. The van der Waals surface area contributed by atoms with Crippen molar-refractivity contribution in [3.05, 3.63) is 37.9 Å². The minimum atomic E-state index is -0.694. The molecule has 20 heavy (non-hydrogen) atoms. The molecule has 0 aromatic heterocycles. The number of nitrogens with zero attached hydrogens (tertiary/aromatic N) is 1. The maximum Gasteiger partial charge on any atom is 0.338 e. The van der Waals surface area contributed by atoms with E-state index in [4.69, 9.17) is 27.9 Å². The van der Waals surface area contributed by atoms with Crippen molar-refractivity contribution in [1.82, 2.24) is 0 Å². The first-order valence-electron chi connectivity index (χ1n) is 5.92. The Labute approximate surface area is 127 Å². The second-order valence-electron chi connectivity index (χ2n) is 5.49. The molecule has 1 aromatic rings. The second-order valence-corrected chi connectivity index (χ2v) is 6.28. The highest BCUT2D eigenvalue weighted by molar-refractivity contribution is 6.43. The van der Waals surface area contributed by atoms with Crippen LogP contribution in [-0.2, 0) is 4.74 Å². The smallest absolute Gasteiger partial charge is 0.338 e. The summed E-state index contributed by atoms with van der Waals surface area (Å²) < 4.78 is 5.07. The van der Waals surface area contributed by atoms with Crippen LogP contribution in [0.5, 0.6) is 0 Å². The first kappa shape index (κ1) is 16.7. The Morgan fingerprint density at radius 3 is 2.45 bits per heavy atom. The second kappa shape index (κ2) is 6.41. The van der Waals surface area contributed by atoms with Crippen molar-refractivity contribution in [1.29, 1.82) is 0 Å². The SMILES string of the molecule is CC(C)(C)CCOC(=O)c1cc(Cl)c(Cl)c([N+](=O)[O-])c1. The Morgan fingerprint density at radius 2 is 1.95 bits per heavy atom. The number of carbonyl (C=O) groups is 1. The molecule has 1 aromatic carbocycles. The van der Waals surface area contributed by atoms with Gasteiger partial charge >= 0.3 is 5.97 Å². The minimum absolute atomic E-state index is 0.0139. The van der Waals surface area contributed by atoms with Gasteiger partial charge in [-0.2, -0.15) is 0 Å². The lowest BCUT2D eigenvalue weighted by atomic mass is 9.93. The van der Waals surface area contributed by atoms with Gasteiger partial charge in [0.2, 0.25) is 0 Å². The number of esters is 1. The number of hydrogen-bond donors (Lipinski definition) is 0. The summed E-state index contributed by atoms with van der Waals surface area (Å²) in [5.74, 6) is -0.657. The van der Waals surface area contributed by atoms with Gasteiger partial charge in [0.15, 0.2) is 0 Å². The normalized spacial score (nSPS) is 11.2. The summed E-state index contributed by atoms with van der Waals surface area (Å²) in [5, 5.41) is 10.6. The van der Waals surface area contributed by atoms with Gasteiger partial charge < -0.3 is 4.74 Å². The number of halogens is 2. The molecule has 0 fully saturated rings. The summed E-state index contributed by atoms with van der Waals surface area (Å²) in [7, 11) is 0. The Kier molecular flexibility index (Phi) is 5.36. The summed E-state index contributed by atoms with van der Waals surface area (Å²) >= 11 is 11.5. The zero-order chi connectivity index (χ0) is 15.5. The van der Waals surface area contributed by atoms with Gasteiger partial charge in [-0.05, 0) is 17.9 Å². The lowest BCUT2D eigenvalue weighted by Crippen LogP contribution is -2.13. The van der Waals surface area contributed by atoms with Gasteiger partial charge in [-0.3, -0.25) is 10.1 Å². The molecule has 0 spiro atoms. The predicted molar refractivity (Wildman–Crippen MR) is 77.5 cm³/mol. The molecule has 0 saturated heterocycles. The van der Waals surface area contributed by atoms with E-state index in [0.717, 1.165) is 6.07 Å². The van der Waals surface area contributed by atoms with E-state index >= 15 is 0 Å². The van der Waals surface area contributed by atoms with Crippen LogP contribution in [0.25, 0.3) is 0 Å². The highest BCUT2D eigenvalue weighted by Crippen LogP contribution is 2.33. The summed E-state index contributed by atoms with van der Waals surface area (Å²) in [6, 6.07) is 2.32. The molecule has 0 aliphatic carbocycles. The predicted octanol–water partition coefficient (Wildman–Crippen LogP) is 4.49. The molecule has 0 aliphatic rings. The third-order valence-electron chi connectivity index (χ3n) is 2.53. The lowest BCUT2D eigenvalue weighted by molar-refractivity contribution is -0.384. The van der Waals surface area contributed by atoms with Crippen LogP contribution in [-0.4, -0.2) is 17.5 Å². The standard InChI is InChI=1S/C13H15Cl2NO4/c1-13(2,3)4-5-20-12(17)8-6-9(14)11(15)10(7-8)16(18)19/h6-7H,4-5H2,1-3H3. The van der Waals surface area contributed by atoms with Crippen LogP contribution >= 0.6 is 23.2 Å². The lowest BCUT2D eigenvalue weighted by Gasteiger charge is -2.17. The van der Waals surface area contributed by atoms with Crippen LogP contribution in [0.15, 0.2) is 12.1 Å². The van der Waals surface area contributed by atoms with Gasteiger partial charge in [0.05, 0.1) is 22.1 Å². The van der Waals surface area contributed by atoms with Crippen molar-refractivity contribution < 1.29 is 14.5 Å². The molecule has 0 heterocycles. The number of carbonyl (C=O) groups excluding carboxylic acids is 1. The van der Waals surface area contributed by atoms with Crippen LogP contribution in [0.2, 0.25) is 10.0 Å². The quantitative estimate of drug-likeness (QED) is 0.465. The Morgan fingerprint density at radius 1 is 1.35 bits per heavy atom. The number of ether oxygens (including phenoxy) is 1. The largest absolute Gasteiger partial charge is 0.462 e. The highest BCUT2D eigenvalue weighted by atomic mass is 35.5. The van der Waals surface area contributed by atoms with Gasteiger partial charge in [-0.15, -0.1) is 0 Å². The zero-order valence-corrected chi connectivity index (χ0v) is 12.9. The fourth-order valence-electron chi connectivity index (χ4n) is 1.36. The molecule has 5 nitrogen and oxygen atoms in total. The van der Waals surface area contributed by atoms with Crippen molar-refractivity contribution in [3.8, 4) is 0 Å². The summed E-state index contributed by atoms with van der Waals surface area (Å²) in [6.07, 6.45) is 0.683. The number of nitro groups is 1. The van der Waals surface area contributed by atoms with Crippen molar-refractivity contribution >= 4 is 34.9 Å². The molecule has 0 N–H and O–H groups in total. The van der Waals surface area contributed by atoms with E-state index in [-0.39, 0.29) is 27.6 Å². The molecule has 7 heteroatoms. The average Bonchev–Trinajstić information content (AvgIpc) is 2.30. The first-order valence-corrected chi connectivity index (χ1v) is 6.68. The molecule has 0 radical (unpaired) electrons. The van der Waals surface area contributed by atoms with Crippen molar-refractivity contribution in [2.45, 2.75) is 27.2 Å². The average molecular weight is 320 g/mol. The summed E-state index contributed by atoms with van der Waals surface area (Å²) in [5.41, 5.74) is -0.369. The number of benzene rings is 1. The fourth-order valence-corrected chi connectivity index (χ4v) is 1.75. The maximum absolute atomic E-state index is 11.8. The monoisotopic (exact) mass is 319 g/mol. The van der Waals surface area contributed by atoms with Crippen LogP contribution in [0.4, 0.5) is 5.69 Å². The first-order chi connectivity index (χ1) is 9.11. The van der Waals surface area contributed by atoms with Gasteiger partial charge in [-0.1, -0.05) is 44.0 Å². The van der Waals surface area contributed by atoms with Gasteiger partial charge in [0.1, 0.15) is 5.02 Å². The van der Waals surface area contributed by atoms with Crippen molar-refractivity contribution in [2.24, 2.45) is 5.41 Å². The highest BCUT2D eigenvalue weighted by Gasteiger charge is 2.21. The third kappa shape index (κ3) is 4.65. The summed E-state index contributed by atoms with van der Waals surface area (Å²) in [4.78, 5) is 21.9. The topological polar surface area (TPSA) is 69.4 Å². The molecule has 0 bridgehead atoms. The van der Waals surface area contributed by atoms with E-state index < -0.39 is 16.6 Å². The molecule has 1 rings (SSSR count). The molecule has 0 amide bonds. The molecule has 0 aliphatic heterocycles. The minimum Gasteiger partial charge on any atom is -0.462 e. The Balaban J connectivity index is 2.86. The van der Waals surface area contributed by atoms with Gasteiger partial charge in [0, 0.05) is 6.07 Å². The fraction of sp³-hybridized carbons (Fsp3) is 0.462. The number of rotatable bonds is 4. The van der Waals surface area contributed by atoms with E-state index in [1.807, 2.05) is 20.8 Å². The van der Waals surface area contributed by atoms with E-state index in [9.17, 15) is 14.9 Å². The maximum atomic E-state index is 11.8. The van der Waals surface area contributed by atoms with Crippen molar-refractivity contribution in [3.63, 3.8) is 0 Å². The number of nitro benzene ring substituents is 1. The van der Waals surface area contributed by atoms with E-state index in [1.165, 1.54) is 6.07 Å². The van der Waals surface area contributed by atoms with Gasteiger partial charge in [-0.25, -0.2) is 4.79 Å². The van der Waals surface area contributed by atoms with Crippen LogP contribution < -0.4 is 0 Å². The molecular formula is C13H15Cl2NO4. The molecular weight excluding hydrogens is 305 g/mol. The van der Waals surface area contributed by atoms with Crippen LogP contribution in [0.3, 0.4) is 0 Å². The molecule has 0 saturated carbocycles. The van der Waals surface area contributed by atoms with Crippen LogP contribution in [0.1, 0.15) is 37.6 Å². The molecule has 110 valence electrons. The molecule has 0 unspecified atom stereocenters. The number of hydrogen-bond acceptors (Lipinski definition) is 4. The van der Waals surface area contributed by atoms with Crippen molar-refractivity contribution in [2.75, 3.05) is 6.61 Å². The zero-order valence-electron chi connectivity index (χ0n) is 11.4. The van der Waals surface area contributed by atoms with E-state index in [2.05, 4.69) is 0 Å². The van der Waals surface area contributed by atoms with E-state index in [1.54, 1.807) is 0 Å². The Hall–Kier alpha value is -1.33.